The Morgan fingerprint density at radius 2 is 2.03 bits per heavy atom. The van der Waals surface area contributed by atoms with Crippen LogP contribution in [0.3, 0.4) is 0 Å². The largest absolute Gasteiger partial charge is 0.466 e. The zero-order valence-corrected chi connectivity index (χ0v) is 16.4. The lowest BCUT2D eigenvalue weighted by molar-refractivity contribution is -0.151. The van der Waals surface area contributed by atoms with Crippen LogP contribution < -0.4 is 4.74 Å². The van der Waals surface area contributed by atoms with Crippen molar-refractivity contribution >= 4 is 28.6 Å². The van der Waals surface area contributed by atoms with Gasteiger partial charge in [-0.3, -0.25) is 0 Å². The molecule has 0 aromatic carbocycles. The molecule has 3 aromatic heterocycles. The molecule has 9 nitrogen and oxygen atoms in total. The summed E-state index contributed by atoms with van der Waals surface area (Å²) < 4.78 is 56.7. The standard InChI is InChI=1S/C17H15ClF3N5O4/c1-3-29-7-12(16(27)28-2)30-15-10-6-25-26(13(10)23-8-24-15)14-11(17(19,20)21)4-9(18)5-22-14/h4-6,8,12H,3,7H2,1-2H3/t12-/m0/s1. The highest BCUT2D eigenvalue weighted by Gasteiger charge is 2.36. The van der Waals surface area contributed by atoms with Gasteiger partial charge in [-0.15, -0.1) is 0 Å². The number of ether oxygens (including phenoxy) is 3. The second kappa shape index (κ2) is 8.79. The average molecular weight is 446 g/mol. The summed E-state index contributed by atoms with van der Waals surface area (Å²) in [6.07, 6.45) is -2.54. The van der Waals surface area contributed by atoms with Gasteiger partial charge < -0.3 is 14.2 Å². The Balaban J connectivity index is 2.06. The van der Waals surface area contributed by atoms with Gasteiger partial charge in [0.25, 0.3) is 0 Å². The van der Waals surface area contributed by atoms with Gasteiger partial charge in [0.05, 0.1) is 24.9 Å². The van der Waals surface area contributed by atoms with Crippen LogP contribution >= 0.6 is 11.6 Å². The van der Waals surface area contributed by atoms with Crippen LogP contribution in [0.15, 0.2) is 24.8 Å². The Morgan fingerprint density at radius 1 is 1.27 bits per heavy atom. The number of hydrogen-bond donors (Lipinski definition) is 0. The van der Waals surface area contributed by atoms with Crippen molar-refractivity contribution in [2.75, 3.05) is 20.3 Å². The van der Waals surface area contributed by atoms with Crippen LogP contribution in [-0.4, -0.2) is 57.1 Å². The molecule has 0 fully saturated rings. The summed E-state index contributed by atoms with van der Waals surface area (Å²) in [5.41, 5.74) is -1.11. The fourth-order valence-electron chi connectivity index (χ4n) is 2.52. The van der Waals surface area contributed by atoms with E-state index in [1.165, 1.54) is 13.3 Å². The van der Waals surface area contributed by atoms with Crippen molar-refractivity contribution in [3.8, 4) is 11.7 Å². The summed E-state index contributed by atoms with van der Waals surface area (Å²) >= 11 is 5.68. The van der Waals surface area contributed by atoms with Crippen molar-refractivity contribution < 1.29 is 32.2 Å². The minimum atomic E-state index is -4.73. The number of fused-ring (bicyclic) bond motifs is 1. The second-order valence-corrected chi connectivity index (χ2v) is 6.22. The maximum absolute atomic E-state index is 13.5. The zero-order valence-electron chi connectivity index (χ0n) is 15.7. The summed E-state index contributed by atoms with van der Waals surface area (Å²) in [7, 11) is 1.18. The molecule has 0 spiro atoms. The predicted octanol–water partition coefficient (Wildman–Crippen LogP) is 2.84. The lowest BCUT2D eigenvalue weighted by atomic mass is 10.2. The molecule has 1 atom stereocenters. The molecule has 3 aromatic rings. The Kier molecular flexibility index (Phi) is 6.37. The zero-order chi connectivity index (χ0) is 21.9. The fourth-order valence-corrected chi connectivity index (χ4v) is 2.68. The number of carbonyl (C=O) groups is 1. The number of aromatic nitrogens is 5. The quantitative estimate of drug-likeness (QED) is 0.512. The van der Waals surface area contributed by atoms with Crippen LogP contribution in [0.1, 0.15) is 12.5 Å². The monoisotopic (exact) mass is 445 g/mol. The smallest absolute Gasteiger partial charge is 0.420 e. The molecule has 3 rings (SSSR count). The molecule has 0 radical (unpaired) electrons. The molecule has 3 heterocycles. The van der Waals surface area contributed by atoms with E-state index in [2.05, 4.69) is 24.8 Å². The van der Waals surface area contributed by atoms with Gasteiger partial charge in [-0.1, -0.05) is 11.6 Å². The lowest BCUT2D eigenvalue weighted by Gasteiger charge is -2.16. The van der Waals surface area contributed by atoms with Crippen molar-refractivity contribution in [1.82, 2.24) is 24.7 Å². The van der Waals surface area contributed by atoms with Crippen LogP contribution in [0.5, 0.6) is 5.88 Å². The summed E-state index contributed by atoms with van der Waals surface area (Å²) in [6.45, 7) is 1.95. The molecular weight excluding hydrogens is 431 g/mol. The van der Waals surface area contributed by atoms with Crippen molar-refractivity contribution in [2.24, 2.45) is 0 Å². The van der Waals surface area contributed by atoms with Crippen LogP contribution in [0.2, 0.25) is 5.02 Å². The number of esters is 1. The number of carbonyl (C=O) groups excluding carboxylic acids is 1. The highest BCUT2D eigenvalue weighted by molar-refractivity contribution is 6.30. The van der Waals surface area contributed by atoms with Gasteiger partial charge in [-0.05, 0) is 13.0 Å². The number of hydrogen-bond acceptors (Lipinski definition) is 8. The molecule has 0 unspecified atom stereocenters. The van der Waals surface area contributed by atoms with E-state index in [1.54, 1.807) is 6.92 Å². The molecule has 0 saturated heterocycles. The van der Waals surface area contributed by atoms with Gasteiger partial charge in [0.2, 0.25) is 12.0 Å². The number of rotatable bonds is 7. The van der Waals surface area contributed by atoms with Gasteiger partial charge >= 0.3 is 12.1 Å². The molecule has 30 heavy (non-hydrogen) atoms. The molecule has 0 aliphatic carbocycles. The Bertz CT molecular complexity index is 1060. The number of halogens is 4. The summed E-state index contributed by atoms with van der Waals surface area (Å²) in [6, 6.07) is 0.741. The van der Waals surface area contributed by atoms with Crippen molar-refractivity contribution in [2.45, 2.75) is 19.2 Å². The molecule has 0 amide bonds. The second-order valence-electron chi connectivity index (χ2n) is 5.78. The lowest BCUT2D eigenvalue weighted by Crippen LogP contribution is -2.33. The van der Waals surface area contributed by atoms with Crippen LogP contribution in [0.4, 0.5) is 13.2 Å². The maximum atomic E-state index is 13.5. The third-order valence-corrected chi connectivity index (χ3v) is 4.07. The van der Waals surface area contributed by atoms with Gasteiger partial charge in [0, 0.05) is 12.8 Å². The molecule has 0 aliphatic heterocycles. The van der Waals surface area contributed by atoms with Crippen molar-refractivity contribution in [3.63, 3.8) is 0 Å². The number of methoxy groups -OCH3 is 1. The van der Waals surface area contributed by atoms with E-state index in [4.69, 9.17) is 21.1 Å². The van der Waals surface area contributed by atoms with E-state index in [9.17, 15) is 18.0 Å². The van der Waals surface area contributed by atoms with Gasteiger partial charge in [-0.2, -0.15) is 23.0 Å². The van der Waals surface area contributed by atoms with Gasteiger partial charge in [-0.25, -0.2) is 19.7 Å². The third kappa shape index (κ3) is 4.44. The van der Waals surface area contributed by atoms with E-state index in [1.807, 2.05) is 0 Å². The number of pyridine rings is 1. The normalized spacial score (nSPS) is 12.7. The Labute approximate surface area is 172 Å². The van der Waals surface area contributed by atoms with Crippen LogP contribution in [0.25, 0.3) is 16.9 Å². The summed E-state index contributed by atoms with van der Waals surface area (Å²) in [5.74, 6) is -1.31. The maximum Gasteiger partial charge on any atom is 0.420 e. The van der Waals surface area contributed by atoms with E-state index in [0.717, 1.165) is 23.3 Å². The molecule has 0 saturated carbocycles. The highest BCUT2D eigenvalue weighted by Crippen LogP contribution is 2.35. The van der Waals surface area contributed by atoms with Crippen LogP contribution in [-0.2, 0) is 20.4 Å². The van der Waals surface area contributed by atoms with E-state index in [-0.39, 0.29) is 28.5 Å². The molecular formula is C17H15ClF3N5O4. The van der Waals surface area contributed by atoms with Gasteiger partial charge in [0.15, 0.2) is 11.5 Å². The minimum absolute atomic E-state index is 0.0136. The molecule has 0 bridgehead atoms. The first-order valence-electron chi connectivity index (χ1n) is 8.50. The van der Waals surface area contributed by atoms with Crippen molar-refractivity contribution in [1.29, 1.82) is 0 Å². The average Bonchev–Trinajstić information content (AvgIpc) is 3.14. The van der Waals surface area contributed by atoms with E-state index in [0.29, 0.717) is 6.61 Å². The SMILES string of the molecule is CCOC[C@H](Oc1ncnc2c1cnn2-c1ncc(Cl)cc1C(F)(F)F)C(=O)OC. The van der Waals surface area contributed by atoms with Crippen LogP contribution in [0, 0.1) is 0 Å². The van der Waals surface area contributed by atoms with E-state index >= 15 is 0 Å². The molecule has 13 heteroatoms. The topological polar surface area (TPSA) is 101 Å². The third-order valence-electron chi connectivity index (χ3n) is 3.86. The number of alkyl halides is 3. The molecule has 0 N–H and O–H groups in total. The van der Waals surface area contributed by atoms with Crippen molar-refractivity contribution in [3.05, 3.63) is 35.4 Å². The highest BCUT2D eigenvalue weighted by atomic mass is 35.5. The van der Waals surface area contributed by atoms with Gasteiger partial charge in [0.1, 0.15) is 17.3 Å². The summed E-state index contributed by atoms with van der Waals surface area (Å²) in [4.78, 5) is 23.6. The fraction of sp³-hybridized carbons (Fsp3) is 0.353. The molecule has 0 aliphatic rings. The Morgan fingerprint density at radius 3 is 2.70 bits per heavy atom. The number of nitrogens with zero attached hydrogens (tertiary/aromatic N) is 5. The summed E-state index contributed by atoms with van der Waals surface area (Å²) in [5, 5.41) is 3.92. The Hall–Kier alpha value is -2.99. The first-order chi connectivity index (χ1) is 14.3. The first-order valence-corrected chi connectivity index (χ1v) is 8.88. The first kappa shape index (κ1) is 21.7. The van der Waals surface area contributed by atoms with E-state index < -0.39 is 29.6 Å². The predicted molar refractivity (Wildman–Crippen MR) is 97.4 cm³/mol. The minimum Gasteiger partial charge on any atom is -0.466 e. The molecule has 160 valence electrons.